The van der Waals surface area contributed by atoms with Crippen molar-refractivity contribution in [1.29, 1.82) is 0 Å². The molecule has 0 fully saturated rings. The molecule has 0 aliphatic rings. The fourth-order valence-electron chi connectivity index (χ4n) is 3.16. The molecule has 1 aromatic carbocycles. The van der Waals surface area contributed by atoms with Gasteiger partial charge in [0.2, 0.25) is 0 Å². The second-order valence-corrected chi connectivity index (χ2v) is 7.47. The van der Waals surface area contributed by atoms with Gasteiger partial charge in [-0.3, -0.25) is 4.79 Å². The molecule has 0 spiro atoms. The van der Waals surface area contributed by atoms with Crippen molar-refractivity contribution in [1.82, 2.24) is 14.5 Å². The Bertz CT molecular complexity index is 1140. The molecule has 0 aliphatic carbocycles. The van der Waals surface area contributed by atoms with Crippen LogP contribution in [0.15, 0.2) is 48.8 Å². The fourth-order valence-corrected chi connectivity index (χ4v) is 4.15. The van der Waals surface area contributed by atoms with Crippen molar-refractivity contribution in [2.75, 3.05) is 5.32 Å². The van der Waals surface area contributed by atoms with Crippen molar-refractivity contribution in [3.05, 3.63) is 64.9 Å². The second kappa shape index (κ2) is 6.96. The normalized spacial score (nSPS) is 11.1. The highest BCUT2D eigenvalue weighted by molar-refractivity contribution is 7.17. The number of carbonyl (C=O) groups is 1. The van der Waals surface area contributed by atoms with Crippen molar-refractivity contribution in [3.8, 4) is 10.6 Å². The number of benzene rings is 1. The molecule has 6 heteroatoms. The van der Waals surface area contributed by atoms with Gasteiger partial charge in [0.15, 0.2) is 0 Å². The molecule has 0 aliphatic heterocycles. The number of aryl methyl sites for hydroxylation is 3. The third kappa shape index (κ3) is 3.24. The molecule has 5 nitrogen and oxygen atoms in total. The van der Waals surface area contributed by atoms with Crippen LogP contribution in [-0.2, 0) is 13.5 Å². The van der Waals surface area contributed by atoms with Crippen molar-refractivity contribution >= 4 is 34.0 Å². The van der Waals surface area contributed by atoms with Gasteiger partial charge in [-0.1, -0.05) is 19.1 Å². The number of nitrogens with zero attached hydrogens (tertiary/aromatic N) is 3. The van der Waals surface area contributed by atoms with Crippen LogP contribution in [0.3, 0.4) is 0 Å². The maximum absolute atomic E-state index is 12.8. The number of nitrogens with one attached hydrogen (secondary N) is 1. The van der Waals surface area contributed by atoms with E-state index in [9.17, 15) is 4.79 Å². The van der Waals surface area contributed by atoms with Crippen LogP contribution in [0.2, 0.25) is 0 Å². The SMILES string of the molecule is CCc1cccc(NC(=O)c2sc(-c3cn(C)c4ncccc34)nc2C)c1. The van der Waals surface area contributed by atoms with Crippen LogP contribution in [0.5, 0.6) is 0 Å². The average molecular weight is 376 g/mol. The van der Waals surface area contributed by atoms with E-state index in [4.69, 9.17) is 0 Å². The van der Waals surface area contributed by atoms with Gasteiger partial charge in [-0.05, 0) is 43.2 Å². The topological polar surface area (TPSA) is 59.8 Å². The van der Waals surface area contributed by atoms with Crippen LogP contribution >= 0.6 is 11.3 Å². The molecule has 3 aromatic heterocycles. The minimum atomic E-state index is -0.122. The second-order valence-electron chi connectivity index (χ2n) is 6.47. The highest BCUT2D eigenvalue weighted by Gasteiger charge is 2.19. The highest BCUT2D eigenvalue weighted by atomic mass is 32.1. The Morgan fingerprint density at radius 3 is 2.93 bits per heavy atom. The third-order valence-electron chi connectivity index (χ3n) is 4.56. The van der Waals surface area contributed by atoms with Gasteiger partial charge in [0, 0.05) is 36.1 Å². The lowest BCUT2D eigenvalue weighted by molar-refractivity contribution is 0.103. The molecule has 27 heavy (non-hydrogen) atoms. The molecule has 0 radical (unpaired) electrons. The number of hydrogen-bond acceptors (Lipinski definition) is 4. The van der Waals surface area contributed by atoms with Gasteiger partial charge in [0.05, 0.1) is 5.69 Å². The number of rotatable bonds is 4. The molecule has 1 amide bonds. The summed E-state index contributed by atoms with van der Waals surface area (Å²) >= 11 is 1.41. The smallest absolute Gasteiger partial charge is 0.267 e. The Balaban J connectivity index is 1.67. The van der Waals surface area contributed by atoms with Crippen molar-refractivity contribution in [3.63, 3.8) is 0 Å². The Hall–Kier alpha value is -2.99. The van der Waals surface area contributed by atoms with E-state index in [1.807, 2.05) is 55.1 Å². The average Bonchev–Trinajstić information content (AvgIpc) is 3.22. The van der Waals surface area contributed by atoms with Gasteiger partial charge in [-0.15, -0.1) is 11.3 Å². The number of anilines is 1. The lowest BCUT2D eigenvalue weighted by Gasteiger charge is -2.05. The number of pyridine rings is 1. The van der Waals surface area contributed by atoms with Crippen LogP contribution < -0.4 is 5.32 Å². The third-order valence-corrected chi connectivity index (χ3v) is 5.75. The Labute approximate surface area is 161 Å². The van der Waals surface area contributed by atoms with Gasteiger partial charge in [-0.2, -0.15) is 0 Å². The number of fused-ring (bicyclic) bond motifs is 1. The minimum Gasteiger partial charge on any atom is -0.335 e. The van der Waals surface area contributed by atoms with Gasteiger partial charge in [0.1, 0.15) is 15.5 Å². The van der Waals surface area contributed by atoms with Crippen LogP contribution in [0.25, 0.3) is 21.6 Å². The molecule has 4 rings (SSSR count). The van der Waals surface area contributed by atoms with E-state index in [-0.39, 0.29) is 5.91 Å². The van der Waals surface area contributed by atoms with Crippen molar-refractivity contribution < 1.29 is 4.79 Å². The maximum Gasteiger partial charge on any atom is 0.267 e. The first kappa shape index (κ1) is 17.4. The summed E-state index contributed by atoms with van der Waals surface area (Å²) < 4.78 is 1.98. The summed E-state index contributed by atoms with van der Waals surface area (Å²) in [5, 5.41) is 4.87. The van der Waals surface area contributed by atoms with Crippen LogP contribution in [0.4, 0.5) is 5.69 Å². The van der Waals surface area contributed by atoms with Gasteiger partial charge < -0.3 is 9.88 Å². The lowest BCUT2D eigenvalue weighted by atomic mass is 10.1. The molecule has 0 saturated heterocycles. The molecule has 1 N–H and O–H groups in total. The summed E-state index contributed by atoms with van der Waals surface area (Å²) in [6, 6.07) is 11.9. The molecule has 3 heterocycles. The van der Waals surface area contributed by atoms with E-state index in [1.54, 1.807) is 6.20 Å². The molecule has 0 unspecified atom stereocenters. The maximum atomic E-state index is 12.8. The van der Waals surface area contributed by atoms with Gasteiger partial charge in [0.25, 0.3) is 5.91 Å². The zero-order chi connectivity index (χ0) is 19.0. The molecule has 0 bridgehead atoms. The number of carbonyl (C=O) groups excluding carboxylic acids is 1. The predicted molar refractivity (Wildman–Crippen MR) is 110 cm³/mol. The summed E-state index contributed by atoms with van der Waals surface area (Å²) in [6.45, 7) is 3.97. The first-order valence-electron chi connectivity index (χ1n) is 8.85. The lowest BCUT2D eigenvalue weighted by Crippen LogP contribution is -2.11. The summed E-state index contributed by atoms with van der Waals surface area (Å²) in [7, 11) is 1.97. The quantitative estimate of drug-likeness (QED) is 0.555. The summed E-state index contributed by atoms with van der Waals surface area (Å²) in [5.74, 6) is -0.122. The van der Waals surface area contributed by atoms with Crippen LogP contribution in [0.1, 0.15) is 27.9 Å². The van der Waals surface area contributed by atoms with Crippen LogP contribution in [0, 0.1) is 6.92 Å². The monoisotopic (exact) mass is 376 g/mol. The van der Waals surface area contributed by atoms with Crippen molar-refractivity contribution in [2.45, 2.75) is 20.3 Å². The standard InChI is InChI=1S/C21H20N4OS/c1-4-14-7-5-8-15(11-14)24-20(26)18-13(2)23-21(27-18)17-12-25(3)19-16(17)9-6-10-22-19/h5-12H,4H2,1-3H3,(H,24,26). The highest BCUT2D eigenvalue weighted by Crippen LogP contribution is 2.34. The van der Waals surface area contributed by atoms with E-state index < -0.39 is 0 Å². The Kier molecular flexibility index (Phi) is 4.49. The minimum absolute atomic E-state index is 0.122. The summed E-state index contributed by atoms with van der Waals surface area (Å²) in [4.78, 5) is 22.5. The van der Waals surface area contributed by atoms with E-state index in [0.29, 0.717) is 4.88 Å². The van der Waals surface area contributed by atoms with E-state index in [0.717, 1.165) is 39.4 Å². The molecule has 4 aromatic rings. The first-order valence-corrected chi connectivity index (χ1v) is 9.66. The van der Waals surface area contributed by atoms with Crippen molar-refractivity contribution in [2.24, 2.45) is 7.05 Å². The zero-order valence-corrected chi connectivity index (χ0v) is 16.3. The molecular weight excluding hydrogens is 356 g/mol. The zero-order valence-electron chi connectivity index (χ0n) is 15.5. The van der Waals surface area contributed by atoms with Crippen LogP contribution in [-0.4, -0.2) is 20.4 Å². The fraction of sp³-hybridized carbons (Fsp3) is 0.190. The number of amides is 1. The van der Waals surface area contributed by atoms with E-state index >= 15 is 0 Å². The molecular formula is C21H20N4OS. The number of hydrogen-bond donors (Lipinski definition) is 1. The largest absolute Gasteiger partial charge is 0.335 e. The van der Waals surface area contributed by atoms with E-state index in [1.165, 1.54) is 16.9 Å². The number of aromatic nitrogens is 3. The first-order chi connectivity index (χ1) is 13.1. The van der Waals surface area contributed by atoms with Gasteiger partial charge in [-0.25, -0.2) is 9.97 Å². The summed E-state index contributed by atoms with van der Waals surface area (Å²) in [5.41, 5.74) is 4.64. The summed E-state index contributed by atoms with van der Waals surface area (Å²) in [6.07, 6.45) is 4.73. The predicted octanol–water partition coefficient (Wildman–Crippen LogP) is 4.82. The Morgan fingerprint density at radius 1 is 1.26 bits per heavy atom. The molecule has 0 atom stereocenters. The van der Waals surface area contributed by atoms with E-state index in [2.05, 4.69) is 28.3 Å². The van der Waals surface area contributed by atoms with Gasteiger partial charge >= 0.3 is 0 Å². The number of thiazole rings is 1. The molecule has 136 valence electrons. The molecule has 0 saturated carbocycles. The Morgan fingerprint density at radius 2 is 2.11 bits per heavy atom.